The molecular formula is C13H17N. The SMILES string of the molecule is CCCCN=C/C=C/c1ccccc1. The van der Waals surface area contributed by atoms with E-state index >= 15 is 0 Å². The van der Waals surface area contributed by atoms with E-state index in [0.29, 0.717) is 0 Å². The number of nitrogens with zero attached hydrogens (tertiary/aromatic N) is 1. The zero-order valence-electron chi connectivity index (χ0n) is 8.69. The van der Waals surface area contributed by atoms with Gasteiger partial charge in [0.05, 0.1) is 0 Å². The predicted octanol–water partition coefficient (Wildman–Crippen LogP) is 3.57. The molecule has 74 valence electrons. The maximum Gasteiger partial charge on any atom is 0.0389 e. The number of benzene rings is 1. The van der Waals surface area contributed by atoms with Crippen LogP contribution in [0, 0.1) is 0 Å². The lowest BCUT2D eigenvalue weighted by molar-refractivity contribution is 0.810. The van der Waals surface area contributed by atoms with Crippen LogP contribution in [-0.4, -0.2) is 12.8 Å². The van der Waals surface area contributed by atoms with E-state index in [9.17, 15) is 0 Å². The molecule has 0 saturated carbocycles. The Morgan fingerprint density at radius 2 is 2.00 bits per heavy atom. The lowest BCUT2D eigenvalue weighted by Crippen LogP contribution is -1.78. The number of hydrogen-bond donors (Lipinski definition) is 0. The molecule has 1 aromatic carbocycles. The third-order valence-corrected chi connectivity index (χ3v) is 1.92. The fraction of sp³-hybridized carbons (Fsp3) is 0.308. The quantitative estimate of drug-likeness (QED) is 0.493. The summed E-state index contributed by atoms with van der Waals surface area (Å²) in [6.45, 7) is 3.12. The van der Waals surface area contributed by atoms with E-state index in [1.54, 1.807) is 0 Å². The Labute approximate surface area is 86.2 Å². The minimum atomic E-state index is 0.940. The van der Waals surface area contributed by atoms with E-state index in [1.165, 1.54) is 18.4 Å². The molecule has 0 aliphatic rings. The molecule has 0 aliphatic carbocycles. The van der Waals surface area contributed by atoms with Crippen LogP contribution in [0.1, 0.15) is 25.3 Å². The first-order valence-corrected chi connectivity index (χ1v) is 5.15. The topological polar surface area (TPSA) is 12.4 Å². The van der Waals surface area contributed by atoms with Crippen molar-refractivity contribution in [3.8, 4) is 0 Å². The molecule has 0 bridgehead atoms. The average Bonchev–Trinajstić information content (AvgIpc) is 2.25. The van der Waals surface area contributed by atoms with Crippen LogP contribution in [0.4, 0.5) is 0 Å². The molecule has 0 aromatic heterocycles. The second-order valence-corrected chi connectivity index (χ2v) is 3.18. The highest BCUT2D eigenvalue weighted by Gasteiger charge is 1.80. The summed E-state index contributed by atoms with van der Waals surface area (Å²) in [5, 5.41) is 0. The molecule has 0 unspecified atom stereocenters. The maximum atomic E-state index is 4.26. The van der Waals surface area contributed by atoms with E-state index < -0.39 is 0 Å². The first-order valence-electron chi connectivity index (χ1n) is 5.15. The molecule has 0 amide bonds. The van der Waals surface area contributed by atoms with Crippen molar-refractivity contribution in [1.82, 2.24) is 0 Å². The van der Waals surface area contributed by atoms with Crippen molar-refractivity contribution < 1.29 is 0 Å². The molecule has 0 saturated heterocycles. The monoisotopic (exact) mass is 187 g/mol. The summed E-state index contributed by atoms with van der Waals surface area (Å²) in [4.78, 5) is 4.26. The van der Waals surface area contributed by atoms with Crippen LogP contribution < -0.4 is 0 Å². The molecule has 0 heterocycles. The highest BCUT2D eigenvalue weighted by molar-refractivity contribution is 5.78. The number of allylic oxidation sites excluding steroid dienone is 1. The summed E-state index contributed by atoms with van der Waals surface area (Å²) in [5.74, 6) is 0. The molecule has 0 aliphatic heterocycles. The third-order valence-electron chi connectivity index (χ3n) is 1.92. The van der Waals surface area contributed by atoms with E-state index in [0.717, 1.165) is 6.54 Å². The van der Waals surface area contributed by atoms with Crippen molar-refractivity contribution >= 4 is 12.3 Å². The Balaban J connectivity index is 2.31. The molecule has 1 heteroatoms. The average molecular weight is 187 g/mol. The Hall–Kier alpha value is -1.37. The fourth-order valence-corrected chi connectivity index (χ4v) is 1.10. The van der Waals surface area contributed by atoms with Gasteiger partial charge in [-0.1, -0.05) is 49.8 Å². The highest BCUT2D eigenvalue weighted by atomic mass is 14.7. The van der Waals surface area contributed by atoms with Crippen LogP contribution in [0.5, 0.6) is 0 Å². The minimum Gasteiger partial charge on any atom is -0.293 e. The van der Waals surface area contributed by atoms with Gasteiger partial charge >= 0.3 is 0 Å². The zero-order chi connectivity index (χ0) is 10.1. The summed E-state index contributed by atoms with van der Waals surface area (Å²) in [6.07, 6.45) is 8.32. The fourth-order valence-electron chi connectivity index (χ4n) is 1.10. The molecule has 0 spiro atoms. The normalized spacial score (nSPS) is 11.5. The second kappa shape index (κ2) is 7.07. The van der Waals surface area contributed by atoms with Gasteiger partial charge in [-0.25, -0.2) is 0 Å². The summed E-state index contributed by atoms with van der Waals surface area (Å²) in [5.41, 5.74) is 1.22. The van der Waals surface area contributed by atoms with E-state index in [1.807, 2.05) is 30.5 Å². The van der Waals surface area contributed by atoms with Gasteiger partial charge in [0.15, 0.2) is 0 Å². The van der Waals surface area contributed by atoms with Gasteiger partial charge in [-0.3, -0.25) is 4.99 Å². The van der Waals surface area contributed by atoms with E-state index in [-0.39, 0.29) is 0 Å². The molecule has 14 heavy (non-hydrogen) atoms. The Kier molecular flexibility index (Phi) is 5.41. The molecular weight excluding hydrogens is 170 g/mol. The van der Waals surface area contributed by atoms with Gasteiger partial charge in [-0.05, 0) is 18.1 Å². The Morgan fingerprint density at radius 3 is 2.71 bits per heavy atom. The first-order chi connectivity index (χ1) is 6.93. The van der Waals surface area contributed by atoms with Crippen molar-refractivity contribution in [1.29, 1.82) is 0 Å². The van der Waals surface area contributed by atoms with E-state index in [2.05, 4.69) is 30.1 Å². The second-order valence-electron chi connectivity index (χ2n) is 3.18. The van der Waals surface area contributed by atoms with E-state index in [4.69, 9.17) is 0 Å². The summed E-state index contributed by atoms with van der Waals surface area (Å²) >= 11 is 0. The minimum absolute atomic E-state index is 0.940. The summed E-state index contributed by atoms with van der Waals surface area (Å²) in [7, 11) is 0. The van der Waals surface area contributed by atoms with Crippen LogP contribution >= 0.6 is 0 Å². The number of rotatable bonds is 5. The lowest BCUT2D eigenvalue weighted by Gasteiger charge is -1.89. The lowest BCUT2D eigenvalue weighted by atomic mass is 10.2. The predicted molar refractivity (Wildman–Crippen MR) is 63.7 cm³/mol. The smallest absolute Gasteiger partial charge is 0.0389 e. The van der Waals surface area contributed by atoms with Crippen molar-refractivity contribution in [3.05, 3.63) is 42.0 Å². The van der Waals surface area contributed by atoms with Crippen LogP contribution in [0.2, 0.25) is 0 Å². The number of aliphatic imine (C=N–C) groups is 1. The molecule has 0 N–H and O–H groups in total. The highest BCUT2D eigenvalue weighted by Crippen LogP contribution is 1.99. The van der Waals surface area contributed by atoms with Gasteiger partial charge in [0, 0.05) is 12.8 Å². The van der Waals surface area contributed by atoms with Crippen molar-refractivity contribution in [3.63, 3.8) is 0 Å². The van der Waals surface area contributed by atoms with Crippen LogP contribution in [0.3, 0.4) is 0 Å². The van der Waals surface area contributed by atoms with Gasteiger partial charge in [0.1, 0.15) is 0 Å². The molecule has 1 rings (SSSR count). The standard InChI is InChI=1S/C13H17N/c1-2-3-11-14-12-7-10-13-8-5-4-6-9-13/h4-10,12H,2-3,11H2,1H3/b10-7+,14-12?. The van der Waals surface area contributed by atoms with Crippen LogP contribution in [0.15, 0.2) is 41.4 Å². The van der Waals surface area contributed by atoms with Gasteiger partial charge in [0.2, 0.25) is 0 Å². The number of hydrogen-bond acceptors (Lipinski definition) is 1. The van der Waals surface area contributed by atoms with Crippen molar-refractivity contribution in [2.75, 3.05) is 6.54 Å². The Morgan fingerprint density at radius 1 is 1.21 bits per heavy atom. The summed E-state index contributed by atoms with van der Waals surface area (Å²) in [6, 6.07) is 10.3. The molecule has 1 aromatic rings. The van der Waals surface area contributed by atoms with Crippen molar-refractivity contribution in [2.45, 2.75) is 19.8 Å². The maximum absolute atomic E-state index is 4.26. The van der Waals surface area contributed by atoms with Crippen LogP contribution in [0.25, 0.3) is 6.08 Å². The molecule has 0 atom stereocenters. The molecule has 0 radical (unpaired) electrons. The molecule has 0 fully saturated rings. The zero-order valence-corrected chi connectivity index (χ0v) is 8.69. The number of unbranched alkanes of at least 4 members (excludes halogenated alkanes) is 1. The summed E-state index contributed by atoms with van der Waals surface area (Å²) < 4.78 is 0. The van der Waals surface area contributed by atoms with Crippen molar-refractivity contribution in [2.24, 2.45) is 4.99 Å². The Bertz CT molecular complexity index is 285. The first kappa shape index (κ1) is 10.7. The van der Waals surface area contributed by atoms with Gasteiger partial charge in [0.25, 0.3) is 0 Å². The van der Waals surface area contributed by atoms with Gasteiger partial charge < -0.3 is 0 Å². The molecule has 1 nitrogen and oxygen atoms in total. The van der Waals surface area contributed by atoms with Gasteiger partial charge in [-0.15, -0.1) is 0 Å². The third kappa shape index (κ3) is 4.61. The van der Waals surface area contributed by atoms with Crippen LogP contribution in [-0.2, 0) is 0 Å². The largest absolute Gasteiger partial charge is 0.293 e. The van der Waals surface area contributed by atoms with Gasteiger partial charge in [-0.2, -0.15) is 0 Å².